The van der Waals surface area contributed by atoms with E-state index in [1.165, 1.54) is 0 Å². The van der Waals surface area contributed by atoms with Gasteiger partial charge in [-0.15, -0.1) is 13.2 Å². The first kappa shape index (κ1) is 20.5. The molecule has 0 bridgehead atoms. The number of alkyl halides is 3. The highest BCUT2D eigenvalue weighted by molar-refractivity contribution is 7.89. The smallest absolute Gasteiger partial charge is 0.406 e. The number of carbonyl (C=O) groups excluding carboxylic acids is 1. The van der Waals surface area contributed by atoms with Gasteiger partial charge >= 0.3 is 6.36 Å². The maximum atomic E-state index is 12.1. The van der Waals surface area contributed by atoms with Crippen LogP contribution in [0.5, 0.6) is 5.75 Å². The summed E-state index contributed by atoms with van der Waals surface area (Å²) in [7, 11) is -3.93. The first-order valence-corrected chi connectivity index (χ1v) is 9.42. The molecule has 1 aromatic rings. The van der Waals surface area contributed by atoms with Crippen LogP contribution in [0.3, 0.4) is 0 Å². The number of nitrogens with zero attached hydrogens (tertiary/aromatic N) is 1. The highest BCUT2D eigenvalue weighted by atomic mass is 32.2. The van der Waals surface area contributed by atoms with Gasteiger partial charge in [-0.3, -0.25) is 4.79 Å². The summed E-state index contributed by atoms with van der Waals surface area (Å²) in [5.41, 5.74) is 0. The van der Waals surface area contributed by atoms with Crippen LogP contribution in [-0.4, -0.2) is 57.8 Å². The second kappa shape index (κ2) is 8.23. The zero-order valence-corrected chi connectivity index (χ0v) is 14.9. The van der Waals surface area contributed by atoms with Crippen LogP contribution in [0.25, 0.3) is 0 Å². The van der Waals surface area contributed by atoms with E-state index in [0.717, 1.165) is 24.3 Å². The lowest BCUT2D eigenvalue weighted by Crippen LogP contribution is -2.52. The van der Waals surface area contributed by atoms with Crippen molar-refractivity contribution in [1.82, 2.24) is 14.9 Å². The molecule has 0 spiro atoms. The minimum absolute atomic E-state index is 0.00115. The van der Waals surface area contributed by atoms with Gasteiger partial charge in [-0.25, -0.2) is 13.1 Å². The number of hydrogen-bond acceptors (Lipinski definition) is 5. The Balaban J connectivity index is 1.89. The van der Waals surface area contributed by atoms with E-state index < -0.39 is 22.1 Å². The minimum Gasteiger partial charge on any atom is -0.406 e. The number of sulfonamides is 1. The average molecular weight is 395 g/mol. The number of carbonyl (C=O) groups is 1. The van der Waals surface area contributed by atoms with Crippen molar-refractivity contribution in [3.05, 3.63) is 24.3 Å². The Labute approximate surface area is 149 Å². The van der Waals surface area contributed by atoms with Crippen LogP contribution in [0.4, 0.5) is 13.2 Å². The summed E-state index contributed by atoms with van der Waals surface area (Å²) < 4.78 is 66.6. The fraction of sp³-hybridized carbons (Fsp3) is 0.533. The standard InChI is InChI=1S/C15H20F3N3O4S/c1-11-10-19-8-9-21(11)14(22)6-7-20-26(23,24)13-4-2-12(3-5-13)25-15(16,17)18/h2-5,11,19-20H,6-10H2,1H3. The van der Waals surface area contributed by atoms with E-state index in [0.29, 0.717) is 19.6 Å². The molecule has 0 aliphatic carbocycles. The van der Waals surface area contributed by atoms with Crippen molar-refractivity contribution in [2.75, 3.05) is 26.2 Å². The van der Waals surface area contributed by atoms with Gasteiger partial charge in [0.25, 0.3) is 0 Å². The summed E-state index contributed by atoms with van der Waals surface area (Å²) in [6.07, 6.45) is -4.85. The Kier molecular flexibility index (Phi) is 6.48. The SMILES string of the molecule is CC1CNCCN1C(=O)CCNS(=O)(=O)c1ccc(OC(F)(F)F)cc1. The van der Waals surface area contributed by atoms with Crippen molar-refractivity contribution in [3.8, 4) is 5.75 Å². The molecule has 7 nitrogen and oxygen atoms in total. The third kappa shape index (κ3) is 5.85. The number of benzene rings is 1. The van der Waals surface area contributed by atoms with Gasteiger partial charge in [0.15, 0.2) is 0 Å². The molecule has 2 N–H and O–H groups in total. The zero-order valence-electron chi connectivity index (χ0n) is 14.0. The lowest BCUT2D eigenvalue weighted by atomic mass is 10.2. The van der Waals surface area contributed by atoms with Crippen LogP contribution < -0.4 is 14.8 Å². The molecule has 1 heterocycles. The topological polar surface area (TPSA) is 87.7 Å². The molecule has 1 aliphatic heterocycles. The molecule has 1 atom stereocenters. The molecule has 1 fully saturated rings. The van der Waals surface area contributed by atoms with Crippen molar-refractivity contribution in [3.63, 3.8) is 0 Å². The Morgan fingerprint density at radius 2 is 2.00 bits per heavy atom. The molecule has 0 radical (unpaired) electrons. The predicted molar refractivity (Wildman–Crippen MR) is 87.0 cm³/mol. The molecule has 2 rings (SSSR count). The van der Waals surface area contributed by atoms with Crippen LogP contribution in [0, 0.1) is 0 Å². The quantitative estimate of drug-likeness (QED) is 0.753. The molecule has 1 saturated heterocycles. The van der Waals surface area contributed by atoms with Crippen LogP contribution >= 0.6 is 0 Å². The minimum atomic E-state index is -4.85. The Morgan fingerprint density at radius 1 is 1.35 bits per heavy atom. The van der Waals surface area contributed by atoms with Gasteiger partial charge < -0.3 is 15.0 Å². The molecule has 11 heteroatoms. The third-order valence-corrected chi connectivity index (χ3v) is 5.30. The molecular formula is C15H20F3N3O4S. The molecule has 0 aromatic heterocycles. The number of ether oxygens (including phenoxy) is 1. The van der Waals surface area contributed by atoms with Crippen LogP contribution in [0.1, 0.15) is 13.3 Å². The number of rotatable bonds is 6. The predicted octanol–water partition coefficient (Wildman–Crippen LogP) is 1.07. The van der Waals surface area contributed by atoms with E-state index >= 15 is 0 Å². The van der Waals surface area contributed by atoms with Crippen molar-refractivity contribution in [2.24, 2.45) is 0 Å². The fourth-order valence-electron chi connectivity index (χ4n) is 2.55. The summed E-state index contributed by atoms with van der Waals surface area (Å²) in [5, 5.41) is 3.15. The van der Waals surface area contributed by atoms with Crippen molar-refractivity contribution in [2.45, 2.75) is 30.6 Å². The fourth-order valence-corrected chi connectivity index (χ4v) is 3.58. The zero-order chi connectivity index (χ0) is 19.4. The summed E-state index contributed by atoms with van der Waals surface area (Å²) in [6, 6.07) is 3.87. The Bertz CT molecular complexity index is 723. The van der Waals surface area contributed by atoms with Crippen LogP contribution in [0.2, 0.25) is 0 Å². The average Bonchev–Trinajstić information content (AvgIpc) is 2.54. The molecule has 1 aromatic carbocycles. The van der Waals surface area contributed by atoms with Crippen molar-refractivity contribution >= 4 is 15.9 Å². The van der Waals surface area contributed by atoms with Gasteiger partial charge in [0.1, 0.15) is 5.75 Å². The monoisotopic (exact) mass is 395 g/mol. The molecule has 146 valence electrons. The van der Waals surface area contributed by atoms with E-state index in [9.17, 15) is 26.4 Å². The number of hydrogen-bond donors (Lipinski definition) is 2. The summed E-state index contributed by atoms with van der Waals surface area (Å²) >= 11 is 0. The molecule has 26 heavy (non-hydrogen) atoms. The normalized spacial score (nSPS) is 18.6. The lowest BCUT2D eigenvalue weighted by molar-refractivity contribution is -0.274. The molecular weight excluding hydrogens is 375 g/mol. The first-order valence-electron chi connectivity index (χ1n) is 7.94. The summed E-state index contributed by atoms with van der Waals surface area (Å²) in [5.74, 6) is -0.671. The summed E-state index contributed by atoms with van der Waals surface area (Å²) in [4.78, 5) is 13.6. The van der Waals surface area contributed by atoms with E-state index in [-0.39, 0.29) is 29.8 Å². The van der Waals surface area contributed by atoms with Gasteiger partial charge in [-0.2, -0.15) is 0 Å². The largest absolute Gasteiger partial charge is 0.573 e. The van der Waals surface area contributed by atoms with Gasteiger partial charge in [-0.1, -0.05) is 0 Å². The second-order valence-corrected chi connectivity index (χ2v) is 7.57. The Hall–Kier alpha value is -1.85. The van der Waals surface area contributed by atoms with Crippen molar-refractivity contribution < 1.29 is 31.1 Å². The molecule has 0 saturated carbocycles. The van der Waals surface area contributed by atoms with Gasteiger partial charge in [-0.05, 0) is 31.2 Å². The van der Waals surface area contributed by atoms with Crippen LogP contribution in [0.15, 0.2) is 29.2 Å². The highest BCUT2D eigenvalue weighted by Crippen LogP contribution is 2.23. The van der Waals surface area contributed by atoms with Gasteiger partial charge in [0.05, 0.1) is 4.90 Å². The van der Waals surface area contributed by atoms with E-state index in [1.54, 1.807) is 4.90 Å². The second-order valence-electron chi connectivity index (χ2n) is 5.81. The van der Waals surface area contributed by atoms with Crippen molar-refractivity contribution in [1.29, 1.82) is 0 Å². The van der Waals surface area contributed by atoms with Gasteiger partial charge in [0.2, 0.25) is 15.9 Å². The third-order valence-electron chi connectivity index (χ3n) is 3.82. The maximum absolute atomic E-state index is 12.1. The highest BCUT2D eigenvalue weighted by Gasteiger charge is 2.31. The van der Waals surface area contributed by atoms with Crippen LogP contribution in [-0.2, 0) is 14.8 Å². The summed E-state index contributed by atoms with van der Waals surface area (Å²) in [6.45, 7) is 3.74. The number of amides is 1. The maximum Gasteiger partial charge on any atom is 0.573 e. The number of nitrogens with one attached hydrogen (secondary N) is 2. The first-order chi connectivity index (χ1) is 12.1. The van der Waals surface area contributed by atoms with E-state index in [2.05, 4.69) is 14.8 Å². The lowest BCUT2D eigenvalue weighted by Gasteiger charge is -2.34. The molecule has 1 amide bonds. The van der Waals surface area contributed by atoms with Gasteiger partial charge in [0, 0.05) is 38.6 Å². The van der Waals surface area contributed by atoms with E-state index in [1.807, 2.05) is 6.92 Å². The van der Waals surface area contributed by atoms with E-state index in [4.69, 9.17) is 0 Å². The molecule has 1 aliphatic rings. The number of piperazine rings is 1. The Morgan fingerprint density at radius 3 is 2.58 bits per heavy atom. The molecule has 1 unspecified atom stereocenters. The number of halogens is 3.